The fraction of sp³-hybridized carbons (Fsp3) is 0.467. The zero-order valence-corrected chi connectivity index (χ0v) is 12.2. The summed E-state index contributed by atoms with van der Waals surface area (Å²) in [6.45, 7) is 3.95. The molecule has 4 nitrogen and oxygen atoms in total. The highest BCUT2D eigenvalue weighted by Crippen LogP contribution is 2.64. The van der Waals surface area contributed by atoms with Gasteiger partial charge in [-0.3, -0.25) is 9.59 Å². The molecule has 1 aliphatic carbocycles. The number of ether oxygens (including phenoxy) is 2. The first-order valence-corrected chi connectivity index (χ1v) is 7.02. The fourth-order valence-electron chi connectivity index (χ4n) is 2.49. The van der Waals surface area contributed by atoms with E-state index in [1.54, 1.807) is 26.0 Å². The largest absolute Gasteiger partial charge is 0.466 e. The molecule has 0 aromatic heterocycles. The fourth-order valence-corrected chi connectivity index (χ4v) is 2.98. The third-order valence-corrected chi connectivity index (χ3v) is 4.12. The molecule has 0 N–H and O–H groups in total. The molecular weight excluding hydrogens is 280 g/mol. The van der Waals surface area contributed by atoms with E-state index in [4.69, 9.17) is 21.1 Å². The van der Waals surface area contributed by atoms with Crippen molar-refractivity contribution >= 4 is 23.5 Å². The van der Waals surface area contributed by atoms with Crippen molar-refractivity contribution in [2.75, 3.05) is 13.2 Å². The van der Waals surface area contributed by atoms with E-state index in [0.717, 1.165) is 5.56 Å². The Balaban J connectivity index is 2.29. The molecule has 0 saturated heterocycles. The summed E-state index contributed by atoms with van der Waals surface area (Å²) < 4.78 is 10.0. The van der Waals surface area contributed by atoms with Crippen molar-refractivity contribution in [3.8, 4) is 0 Å². The second-order valence-electron chi connectivity index (χ2n) is 4.59. The Morgan fingerprint density at radius 1 is 1.05 bits per heavy atom. The smallest absolute Gasteiger partial charge is 0.312 e. The SMILES string of the molecule is CCOC(=O)C1C(C(=O)OCC)C1(Cl)c1ccccc1. The lowest BCUT2D eigenvalue weighted by atomic mass is 10.1. The molecular formula is C15H17ClO4. The maximum atomic E-state index is 12.0. The number of hydrogen-bond acceptors (Lipinski definition) is 4. The quantitative estimate of drug-likeness (QED) is 0.619. The Morgan fingerprint density at radius 3 is 1.90 bits per heavy atom. The molecule has 0 amide bonds. The summed E-state index contributed by atoms with van der Waals surface area (Å²) >= 11 is 6.56. The van der Waals surface area contributed by atoms with Crippen molar-refractivity contribution in [3.05, 3.63) is 35.9 Å². The van der Waals surface area contributed by atoms with Gasteiger partial charge in [0.25, 0.3) is 0 Å². The van der Waals surface area contributed by atoms with Gasteiger partial charge < -0.3 is 9.47 Å². The topological polar surface area (TPSA) is 52.6 Å². The summed E-state index contributed by atoms with van der Waals surface area (Å²) in [5, 5.41) is 0. The van der Waals surface area contributed by atoms with Gasteiger partial charge in [-0.2, -0.15) is 0 Å². The van der Waals surface area contributed by atoms with Crippen LogP contribution in [-0.4, -0.2) is 25.2 Å². The molecule has 1 aliphatic rings. The molecule has 2 unspecified atom stereocenters. The molecule has 0 spiro atoms. The summed E-state index contributed by atoms with van der Waals surface area (Å²) in [7, 11) is 0. The lowest BCUT2D eigenvalue weighted by Crippen LogP contribution is -2.13. The summed E-state index contributed by atoms with van der Waals surface area (Å²) in [4.78, 5) is 22.9. The van der Waals surface area contributed by atoms with Gasteiger partial charge in [0.1, 0.15) is 0 Å². The van der Waals surface area contributed by atoms with Gasteiger partial charge in [0.15, 0.2) is 0 Å². The first kappa shape index (κ1) is 14.9. The Labute approximate surface area is 123 Å². The van der Waals surface area contributed by atoms with Crippen LogP contribution >= 0.6 is 11.6 Å². The van der Waals surface area contributed by atoms with Gasteiger partial charge in [-0.15, -0.1) is 11.6 Å². The third-order valence-electron chi connectivity index (χ3n) is 3.43. The minimum absolute atomic E-state index is 0.257. The van der Waals surface area contributed by atoms with E-state index in [1.165, 1.54) is 0 Å². The highest BCUT2D eigenvalue weighted by atomic mass is 35.5. The van der Waals surface area contributed by atoms with Crippen molar-refractivity contribution in [1.29, 1.82) is 0 Å². The zero-order valence-electron chi connectivity index (χ0n) is 11.5. The lowest BCUT2D eigenvalue weighted by molar-refractivity contribution is -0.150. The van der Waals surface area contributed by atoms with E-state index in [9.17, 15) is 9.59 Å². The lowest BCUT2D eigenvalue weighted by Gasteiger charge is -2.09. The van der Waals surface area contributed by atoms with Gasteiger partial charge in [0.2, 0.25) is 0 Å². The molecule has 1 saturated carbocycles. The molecule has 20 heavy (non-hydrogen) atoms. The normalized spacial score (nSPS) is 27.8. The van der Waals surface area contributed by atoms with E-state index < -0.39 is 28.6 Å². The molecule has 0 bridgehead atoms. The van der Waals surface area contributed by atoms with Gasteiger partial charge in [0, 0.05) is 0 Å². The highest BCUT2D eigenvalue weighted by Gasteiger charge is 2.73. The highest BCUT2D eigenvalue weighted by molar-refractivity contribution is 6.31. The molecule has 5 heteroatoms. The van der Waals surface area contributed by atoms with Crippen LogP contribution in [-0.2, 0) is 23.9 Å². The van der Waals surface area contributed by atoms with Gasteiger partial charge in [-0.05, 0) is 19.4 Å². The van der Waals surface area contributed by atoms with Crippen LogP contribution in [0.25, 0.3) is 0 Å². The van der Waals surface area contributed by atoms with Gasteiger partial charge in [0.05, 0.1) is 29.9 Å². The van der Waals surface area contributed by atoms with Crippen LogP contribution < -0.4 is 0 Å². The maximum absolute atomic E-state index is 12.0. The van der Waals surface area contributed by atoms with E-state index >= 15 is 0 Å². The van der Waals surface area contributed by atoms with Crippen LogP contribution in [0.4, 0.5) is 0 Å². The van der Waals surface area contributed by atoms with Gasteiger partial charge >= 0.3 is 11.9 Å². The minimum atomic E-state index is -1.06. The Hall–Kier alpha value is -1.55. The molecule has 0 radical (unpaired) electrons. The van der Waals surface area contributed by atoms with Gasteiger partial charge in [-0.1, -0.05) is 30.3 Å². The van der Waals surface area contributed by atoms with Crippen LogP contribution in [0.2, 0.25) is 0 Å². The number of carbonyl (C=O) groups is 2. The van der Waals surface area contributed by atoms with E-state index in [0.29, 0.717) is 0 Å². The van der Waals surface area contributed by atoms with E-state index in [1.807, 2.05) is 18.2 Å². The van der Waals surface area contributed by atoms with Crippen molar-refractivity contribution in [2.45, 2.75) is 18.7 Å². The molecule has 0 heterocycles. The summed E-state index contributed by atoms with van der Waals surface area (Å²) in [6.07, 6.45) is 0. The number of esters is 2. The van der Waals surface area contributed by atoms with Crippen molar-refractivity contribution < 1.29 is 19.1 Å². The van der Waals surface area contributed by atoms with Crippen LogP contribution in [0.3, 0.4) is 0 Å². The summed E-state index contributed by atoms with van der Waals surface area (Å²) in [5.41, 5.74) is 0.734. The predicted octanol–water partition coefficient (Wildman–Crippen LogP) is 2.49. The Bertz CT molecular complexity index is 476. The second kappa shape index (κ2) is 5.83. The zero-order chi connectivity index (χ0) is 14.8. The average Bonchev–Trinajstić information content (AvgIpc) is 3.08. The van der Waals surface area contributed by atoms with E-state index in [2.05, 4.69) is 0 Å². The second-order valence-corrected chi connectivity index (χ2v) is 5.22. The van der Waals surface area contributed by atoms with Crippen molar-refractivity contribution in [3.63, 3.8) is 0 Å². The average molecular weight is 297 g/mol. The Morgan fingerprint density at radius 2 is 1.50 bits per heavy atom. The maximum Gasteiger partial charge on any atom is 0.312 e. The third kappa shape index (κ3) is 2.40. The summed E-state index contributed by atoms with van der Waals surface area (Å²) in [6, 6.07) is 9.10. The monoisotopic (exact) mass is 296 g/mol. The number of halogens is 1. The molecule has 1 aromatic rings. The van der Waals surface area contributed by atoms with Crippen LogP contribution in [0, 0.1) is 11.8 Å². The number of benzene rings is 1. The minimum Gasteiger partial charge on any atom is -0.466 e. The van der Waals surface area contributed by atoms with Crippen molar-refractivity contribution in [2.24, 2.45) is 11.8 Å². The van der Waals surface area contributed by atoms with Crippen LogP contribution in [0.1, 0.15) is 19.4 Å². The number of carbonyl (C=O) groups excluding carboxylic acids is 2. The van der Waals surface area contributed by atoms with Crippen molar-refractivity contribution in [1.82, 2.24) is 0 Å². The van der Waals surface area contributed by atoms with Crippen LogP contribution in [0.5, 0.6) is 0 Å². The first-order valence-electron chi connectivity index (χ1n) is 6.65. The molecule has 1 aromatic carbocycles. The first-order chi connectivity index (χ1) is 9.57. The standard InChI is InChI=1S/C15H17ClO4/c1-3-19-13(17)11-12(14(18)20-4-2)15(11,16)10-8-6-5-7-9-10/h5-9,11-12H,3-4H2,1-2H3. The molecule has 1 fully saturated rings. The molecule has 108 valence electrons. The molecule has 0 aliphatic heterocycles. The van der Waals surface area contributed by atoms with E-state index in [-0.39, 0.29) is 13.2 Å². The van der Waals surface area contributed by atoms with Crippen LogP contribution in [0.15, 0.2) is 30.3 Å². The number of hydrogen-bond donors (Lipinski definition) is 0. The Kier molecular flexibility index (Phi) is 4.33. The molecule has 2 rings (SSSR count). The number of rotatable bonds is 5. The molecule has 2 atom stereocenters. The number of alkyl halides is 1. The summed E-state index contributed by atoms with van der Waals surface area (Å²) in [5.74, 6) is -2.29. The van der Waals surface area contributed by atoms with Gasteiger partial charge in [-0.25, -0.2) is 0 Å². The predicted molar refractivity (Wildman–Crippen MR) is 74.2 cm³/mol.